The zero-order valence-electron chi connectivity index (χ0n) is 12.7. The molecule has 0 aliphatic heterocycles. The van der Waals surface area contributed by atoms with Crippen LogP contribution >= 0.6 is 0 Å². The Morgan fingerprint density at radius 3 is 2.91 bits per heavy atom. The standard InChI is InChI=1S/C14H19N5O3/c1-4-22-13(21)8(2)11(15)19(16-3)14-17-10-7-5-6-9(10)12(20)18-14/h3-7,15H2,1-2H3,(H,17,18,20)/b11-8+. The average Bonchev–Trinajstić information content (AvgIpc) is 2.96. The van der Waals surface area contributed by atoms with E-state index in [4.69, 9.17) is 10.5 Å². The molecule has 0 aromatic carbocycles. The summed E-state index contributed by atoms with van der Waals surface area (Å²) in [5.74, 6) is -0.409. The molecule has 1 heterocycles. The van der Waals surface area contributed by atoms with Gasteiger partial charge >= 0.3 is 5.97 Å². The van der Waals surface area contributed by atoms with Crippen molar-refractivity contribution in [3.63, 3.8) is 0 Å². The van der Waals surface area contributed by atoms with E-state index in [1.54, 1.807) is 6.92 Å². The van der Waals surface area contributed by atoms with E-state index >= 15 is 0 Å². The fourth-order valence-corrected chi connectivity index (χ4v) is 2.29. The summed E-state index contributed by atoms with van der Waals surface area (Å²) < 4.78 is 4.90. The minimum absolute atomic E-state index is 0.00884. The number of carbonyl (C=O) groups excluding carboxylic acids is 1. The van der Waals surface area contributed by atoms with Gasteiger partial charge in [-0.15, -0.1) is 0 Å². The lowest BCUT2D eigenvalue weighted by molar-refractivity contribution is -0.138. The summed E-state index contributed by atoms with van der Waals surface area (Å²) in [6.07, 6.45) is 2.34. The van der Waals surface area contributed by atoms with Crippen molar-refractivity contribution in [3.8, 4) is 0 Å². The normalized spacial score (nSPS) is 14.1. The van der Waals surface area contributed by atoms with Crippen LogP contribution in [0, 0.1) is 0 Å². The average molecular weight is 305 g/mol. The van der Waals surface area contributed by atoms with E-state index in [0.717, 1.165) is 23.5 Å². The van der Waals surface area contributed by atoms with Crippen LogP contribution in [0.1, 0.15) is 31.5 Å². The molecule has 2 rings (SSSR count). The van der Waals surface area contributed by atoms with Gasteiger partial charge in [0.15, 0.2) is 0 Å². The Kier molecular flexibility index (Phi) is 4.59. The number of rotatable bonds is 5. The lowest BCUT2D eigenvalue weighted by atomic mass is 10.2. The van der Waals surface area contributed by atoms with Crippen LogP contribution in [0.4, 0.5) is 5.95 Å². The molecule has 22 heavy (non-hydrogen) atoms. The summed E-state index contributed by atoms with van der Waals surface area (Å²) in [6, 6.07) is 0. The number of H-pyrrole nitrogens is 1. The van der Waals surface area contributed by atoms with Gasteiger partial charge in [0.1, 0.15) is 5.82 Å². The third-order valence-electron chi connectivity index (χ3n) is 3.47. The lowest BCUT2D eigenvalue weighted by Gasteiger charge is -2.19. The van der Waals surface area contributed by atoms with Gasteiger partial charge in [0.2, 0.25) is 5.95 Å². The molecular weight excluding hydrogens is 286 g/mol. The summed E-state index contributed by atoms with van der Waals surface area (Å²) in [7, 11) is 0. The van der Waals surface area contributed by atoms with Crippen molar-refractivity contribution in [2.75, 3.05) is 11.6 Å². The van der Waals surface area contributed by atoms with E-state index in [9.17, 15) is 9.59 Å². The molecule has 118 valence electrons. The van der Waals surface area contributed by atoms with E-state index in [-0.39, 0.29) is 29.5 Å². The second-order valence-corrected chi connectivity index (χ2v) is 4.85. The SMILES string of the molecule is C=NN(/C(N)=C(\C)C(=O)OCC)c1nc2c(c(=O)[nH]1)CCC2. The summed E-state index contributed by atoms with van der Waals surface area (Å²) >= 11 is 0. The molecule has 0 radical (unpaired) electrons. The number of nitrogens with one attached hydrogen (secondary N) is 1. The molecule has 0 bridgehead atoms. The van der Waals surface area contributed by atoms with Crippen molar-refractivity contribution in [1.82, 2.24) is 9.97 Å². The van der Waals surface area contributed by atoms with Gasteiger partial charge in [-0.05, 0) is 33.1 Å². The van der Waals surface area contributed by atoms with E-state index < -0.39 is 5.97 Å². The number of hydrogen-bond donors (Lipinski definition) is 2. The Morgan fingerprint density at radius 2 is 2.27 bits per heavy atom. The molecule has 0 unspecified atom stereocenters. The van der Waals surface area contributed by atoms with Gasteiger partial charge in [0.25, 0.3) is 5.56 Å². The van der Waals surface area contributed by atoms with Crippen LogP contribution in [0.15, 0.2) is 21.3 Å². The Labute approximate surface area is 127 Å². The van der Waals surface area contributed by atoms with Crippen LogP contribution < -0.4 is 16.3 Å². The molecular formula is C14H19N5O3. The van der Waals surface area contributed by atoms with Crippen LogP contribution in [0.2, 0.25) is 0 Å². The fourth-order valence-electron chi connectivity index (χ4n) is 2.29. The molecule has 0 saturated heterocycles. The number of nitrogens with zero attached hydrogens (tertiary/aromatic N) is 3. The molecule has 1 aliphatic carbocycles. The summed E-state index contributed by atoms with van der Waals surface area (Å²) in [4.78, 5) is 30.8. The number of anilines is 1. The molecule has 0 spiro atoms. The van der Waals surface area contributed by atoms with Crippen LogP contribution in [0.5, 0.6) is 0 Å². The van der Waals surface area contributed by atoms with Gasteiger partial charge in [0, 0.05) is 12.3 Å². The number of fused-ring (bicyclic) bond motifs is 1. The number of hydrogen-bond acceptors (Lipinski definition) is 7. The number of aromatic nitrogens is 2. The number of esters is 1. The highest BCUT2D eigenvalue weighted by Gasteiger charge is 2.22. The van der Waals surface area contributed by atoms with E-state index in [0.29, 0.717) is 12.0 Å². The first kappa shape index (κ1) is 15.7. The zero-order chi connectivity index (χ0) is 16.3. The molecule has 8 nitrogen and oxygen atoms in total. The number of hydrazone groups is 1. The maximum absolute atomic E-state index is 12.0. The highest BCUT2D eigenvalue weighted by molar-refractivity contribution is 5.89. The molecule has 8 heteroatoms. The lowest BCUT2D eigenvalue weighted by Crippen LogP contribution is -2.30. The maximum Gasteiger partial charge on any atom is 0.337 e. The number of nitrogens with two attached hydrogens (primary N) is 1. The van der Waals surface area contributed by atoms with Crippen LogP contribution in [-0.4, -0.2) is 29.3 Å². The monoisotopic (exact) mass is 305 g/mol. The number of aromatic amines is 1. The van der Waals surface area contributed by atoms with Gasteiger partial charge in [-0.1, -0.05) is 0 Å². The van der Waals surface area contributed by atoms with Crippen LogP contribution in [0.25, 0.3) is 0 Å². The highest BCUT2D eigenvalue weighted by Crippen LogP contribution is 2.20. The second-order valence-electron chi connectivity index (χ2n) is 4.85. The molecule has 0 atom stereocenters. The van der Waals surface area contributed by atoms with Gasteiger partial charge in [-0.25, -0.2) is 9.78 Å². The smallest absolute Gasteiger partial charge is 0.337 e. The molecule has 3 N–H and O–H groups in total. The van der Waals surface area contributed by atoms with E-state index in [1.165, 1.54) is 6.92 Å². The maximum atomic E-state index is 12.0. The third kappa shape index (κ3) is 2.85. The van der Waals surface area contributed by atoms with Gasteiger partial charge < -0.3 is 10.5 Å². The third-order valence-corrected chi connectivity index (χ3v) is 3.47. The number of carbonyl (C=O) groups is 1. The highest BCUT2D eigenvalue weighted by atomic mass is 16.5. The molecule has 1 aromatic heterocycles. The van der Waals surface area contributed by atoms with Crippen LogP contribution in [0.3, 0.4) is 0 Å². The number of ether oxygens (including phenoxy) is 1. The zero-order valence-corrected chi connectivity index (χ0v) is 12.7. The van der Waals surface area contributed by atoms with E-state index in [2.05, 4.69) is 21.8 Å². The Bertz CT molecular complexity index is 692. The first-order valence-electron chi connectivity index (χ1n) is 7.01. The quantitative estimate of drug-likeness (QED) is 0.353. The van der Waals surface area contributed by atoms with Gasteiger partial charge in [0.05, 0.1) is 17.9 Å². The van der Waals surface area contributed by atoms with Crippen molar-refractivity contribution in [2.24, 2.45) is 10.8 Å². The predicted molar refractivity (Wildman–Crippen MR) is 82.4 cm³/mol. The topological polar surface area (TPSA) is 114 Å². The first-order valence-corrected chi connectivity index (χ1v) is 7.01. The predicted octanol–water partition coefficient (Wildman–Crippen LogP) is 0.434. The molecule has 1 aromatic rings. The van der Waals surface area contributed by atoms with Crippen molar-refractivity contribution in [1.29, 1.82) is 0 Å². The van der Waals surface area contributed by atoms with Crippen molar-refractivity contribution in [2.45, 2.75) is 33.1 Å². The summed E-state index contributed by atoms with van der Waals surface area (Å²) in [5, 5.41) is 4.88. The molecule has 0 saturated carbocycles. The fraction of sp³-hybridized carbons (Fsp3) is 0.429. The molecule has 0 amide bonds. The minimum atomic E-state index is -0.558. The Hall–Kier alpha value is -2.64. The largest absolute Gasteiger partial charge is 0.463 e. The molecule has 1 aliphatic rings. The second kappa shape index (κ2) is 6.42. The molecule has 0 fully saturated rings. The van der Waals surface area contributed by atoms with Crippen molar-refractivity contribution >= 4 is 18.6 Å². The summed E-state index contributed by atoms with van der Waals surface area (Å²) in [5.41, 5.74) is 7.31. The van der Waals surface area contributed by atoms with Gasteiger partial charge in [-0.3, -0.25) is 9.78 Å². The Balaban J connectivity index is 2.43. The summed E-state index contributed by atoms with van der Waals surface area (Å²) in [6.45, 7) is 6.86. The first-order chi connectivity index (χ1) is 10.5. The van der Waals surface area contributed by atoms with Crippen molar-refractivity contribution in [3.05, 3.63) is 33.0 Å². The minimum Gasteiger partial charge on any atom is -0.463 e. The Morgan fingerprint density at radius 1 is 1.55 bits per heavy atom. The van der Waals surface area contributed by atoms with Crippen molar-refractivity contribution < 1.29 is 9.53 Å². The van der Waals surface area contributed by atoms with E-state index in [1.807, 2.05) is 0 Å². The van der Waals surface area contributed by atoms with Crippen LogP contribution in [-0.2, 0) is 22.4 Å². The van der Waals surface area contributed by atoms with Gasteiger partial charge in [-0.2, -0.15) is 10.1 Å². The number of aryl methyl sites for hydroxylation is 1.